The average Bonchev–Trinajstić information content (AvgIpc) is 2.93. The molecule has 0 radical (unpaired) electrons. The van der Waals surface area contributed by atoms with Crippen LogP contribution in [0.2, 0.25) is 0 Å². The van der Waals surface area contributed by atoms with E-state index in [9.17, 15) is 0 Å². The number of nitrogens with two attached hydrogens (primary N) is 1. The Kier molecular flexibility index (Phi) is 3.98. The van der Waals surface area contributed by atoms with Gasteiger partial charge in [0, 0.05) is 18.7 Å². The SMILES string of the molecule is Cn1cc(CC(NN)c2snnc2C(C)(C)C)cn1. The van der Waals surface area contributed by atoms with Gasteiger partial charge in [-0.2, -0.15) is 5.10 Å². The molecule has 1 unspecified atom stereocenters. The number of nitrogens with one attached hydrogen (secondary N) is 1. The molecule has 104 valence electrons. The number of rotatable bonds is 4. The fourth-order valence-corrected chi connectivity index (χ4v) is 2.91. The topological polar surface area (TPSA) is 81.7 Å². The van der Waals surface area contributed by atoms with Crippen LogP contribution in [0.3, 0.4) is 0 Å². The van der Waals surface area contributed by atoms with Crippen LogP contribution >= 0.6 is 11.5 Å². The van der Waals surface area contributed by atoms with Gasteiger partial charge in [0.2, 0.25) is 0 Å². The van der Waals surface area contributed by atoms with Gasteiger partial charge in [0.05, 0.1) is 22.8 Å². The monoisotopic (exact) mass is 280 g/mol. The molecule has 2 heterocycles. The van der Waals surface area contributed by atoms with Crippen molar-refractivity contribution >= 4 is 11.5 Å². The molecule has 3 N–H and O–H groups in total. The molecule has 0 aliphatic carbocycles. The van der Waals surface area contributed by atoms with Gasteiger partial charge in [-0.05, 0) is 23.5 Å². The van der Waals surface area contributed by atoms with Crippen LogP contribution in [0.5, 0.6) is 0 Å². The maximum atomic E-state index is 5.70. The minimum atomic E-state index is -0.0353. The highest BCUT2D eigenvalue weighted by atomic mass is 32.1. The Morgan fingerprint density at radius 3 is 2.74 bits per heavy atom. The molecule has 0 aliphatic rings. The molecule has 2 aromatic rings. The third-order valence-electron chi connectivity index (χ3n) is 2.94. The molecule has 7 heteroatoms. The van der Waals surface area contributed by atoms with Crippen LogP contribution in [0, 0.1) is 0 Å². The lowest BCUT2D eigenvalue weighted by Crippen LogP contribution is -2.31. The lowest BCUT2D eigenvalue weighted by Gasteiger charge is -2.20. The van der Waals surface area contributed by atoms with Crippen LogP contribution in [0.25, 0.3) is 0 Å². The van der Waals surface area contributed by atoms with Crippen molar-refractivity contribution in [2.24, 2.45) is 12.9 Å². The van der Waals surface area contributed by atoms with Gasteiger partial charge >= 0.3 is 0 Å². The Labute approximate surface area is 117 Å². The summed E-state index contributed by atoms with van der Waals surface area (Å²) in [6, 6.07) is 0.0124. The molecule has 2 aromatic heterocycles. The quantitative estimate of drug-likeness (QED) is 0.652. The maximum Gasteiger partial charge on any atom is 0.0857 e. The van der Waals surface area contributed by atoms with E-state index in [0.717, 1.165) is 22.6 Å². The van der Waals surface area contributed by atoms with E-state index in [0.29, 0.717) is 0 Å². The Balaban J connectivity index is 2.25. The number of aryl methyl sites for hydroxylation is 1. The van der Waals surface area contributed by atoms with Crippen LogP contribution in [0.1, 0.15) is 42.9 Å². The predicted octanol–water partition coefficient (Wildman–Crippen LogP) is 1.32. The Morgan fingerprint density at radius 2 is 2.21 bits per heavy atom. The minimum Gasteiger partial charge on any atom is -0.276 e. The lowest BCUT2D eigenvalue weighted by molar-refractivity contribution is 0.515. The Morgan fingerprint density at radius 1 is 1.47 bits per heavy atom. The molecule has 6 nitrogen and oxygen atoms in total. The first-order valence-corrected chi connectivity index (χ1v) is 6.95. The van der Waals surface area contributed by atoms with Crippen LogP contribution in [0.4, 0.5) is 0 Å². The zero-order valence-electron chi connectivity index (χ0n) is 11.7. The molecule has 0 aromatic carbocycles. The van der Waals surface area contributed by atoms with Crippen molar-refractivity contribution in [1.29, 1.82) is 0 Å². The third-order valence-corrected chi connectivity index (χ3v) is 3.78. The molecule has 19 heavy (non-hydrogen) atoms. The summed E-state index contributed by atoms with van der Waals surface area (Å²) in [4.78, 5) is 1.10. The molecular formula is C12H20N6S. The summed E-state index contributed by atoms with van der Waals surface area (Å²) in [6.45, 7) is 6.39. The second-order valence-electron chi connectivity index (χ2n) is 5.68. The summed E-state index contributed by atoms with van der Waals surface area (Å²) >= 11 is 1.40. The summed E-state index contributed by atoms with van der Waals surface area (Å²) in [5.74, 6) is 5.70. The first-order chi connectivity index (χ1) is 8.91. The van der Waals surface area contributed by atoms with Gasteiger partial charge in [-0.1, -0.05) is 25.3 Å². The fraction of sp³-hybridized carbons (Fsp3) is 0.583. The van der Waals surface area contributed by atoms with Gasteiger partial charge in [-0.15, -0.1) is 5.10 Å². The third kappa shape index (κ3) is 3.17. The molecule has 1 atom stereocenters. The van der Waals surface area contributed by atoms with E-state index in [1.165, 1.54) is 11.5 Å². The highest BCUT2D eigenvalue weighted by Gasteiger charge is 2.27. The summed E-state index contributed by atoms with van der Waals surface area (Å²) in [6.07, 6.45) is 4.63. The largest absolute Gasteiger partial charge is 0.276 e. The number of nitrogens with zero attached hydrogens (tertiary/aromatic N) is 4. The molecule has 0 saturated heterocycles. The molecule has 0 spiro atoms. The number of hydrazine groups is 1. The summed E-state index contributed by atoms with van der Waals surface area (Å²) in [7, 11) is 1.91. The summed E-state index contributed by atoms with van der Waals surface area (Å²) < 4.78 is 5.87. The van der Waals surface area contributed by atoms with Gasteiger partial charge in [-0.3, -0.25) is 16.0 Å². The smallest absolute Gasteiger partial charge is 0.0857 e. The molecular weight excluding hydrogens is 260 g/mol. The van der Waals surface area contributed by atoms with Crippen LogP contribution in [-0.2, 0) is 18.9 Å². The van der Waals surface area contributed by atoms with Crippen molar-refractivity contribution in [3.63, 3.8) is 0 Å². The van der Waals surface area contributed by atoms with E-state index in [1.807, 2.05) is 19.4 Å². The molecule has 0 aliphatic heterocycles. The van der Waals surface area contributed by atoms with Gasteiger partial charge in [0.25, 0.3) is 0 Å². The van der Waals surface area contributed by atoms with E-state index in [-0.39, 0.29) is 11.5 Å². The zero-order chi connectivity index (χ0) is 14.0. The number of hydrogen-bond donors (Lipinski definition) is 2. The lowest BCUT2D eigenvalue weighted by atomic mass is 9.89. The second kappa shape index (κ2) is 5.36. The first kappa shape index (κ1) is 14.1. The molecule has 0 bridgehead atoms. The maximum absolute atomic E-state index is 5.70. The molecule has 2 rings (SSSR count). The van der Waals surface area contributed by atoms with E-state index in [2.05, 4.69) is 40.9 Å². The summed E-state index contributed by atoms with van der Waals surface area (Å²) in [5, 5.41) is 8.43. The van der Waals surface area contributed by atoms with Crippen LogP contribution < -0.4 is 11.3 Å². The van der Waals surface area contributed by atoms with Gasteiger partial charge in [0.1, 0.15) is 0 Å². The predicted molar refractivity (Wildman–Crippen MR) is 75.6 cm³/mol. The molecule has 0 fully saturated rings. The van der Waals surface area contributed by atoms with Gasteiger partial charge < -0.3 is 0 Å². The zero-order valence-corrected chi connectivity index (χ0v) is 12.5. The normalized spacial score (nSPS) is 13.7. The van der Waals surface area contributed by atoms with Gasteiger partial charge in [0.15, 0.2) is 0 Å². The summed E-state index contributed by atoms with van der Waals surface area (Å²) in [5.41, 5.74) is 4.97. The highest BCUT2D eigenvalue weighted by molar-refractivity contribution is 7.05. The van der Waals surface area contributed by atoms with E-state index < -0.39 is 0 Å². The minimum absolute atomic E-state index is 0.0124. The fourth-order valence-electron chi connectivity index (χ4n) is 1.99. The van der Waals surface area contributed by atoms with Crippen molar-refractivity contribution in [1.82, 2.24) is 24.8 Å². The Hall–Kier alpha value is -1.31. The Bertz CT molecular complexity index is 538. The van der Waals surface area contributed by atoms with E-state index in [1.54, 1.807) is 4.68 Å². The number of hydrogen-bond acceptors (Lipinski definition) is 6. The molecule has 0 saturated carbocycles. The second-order valence-corrected chi connectivity index (χ2v) is 6.47. The van der Waals surface area contributed by atoms with Crippen LogP contribution in [0.15, 0.2) is 12.4 Å². The van der Waals surface area contributed by atoms with E-state index in [4.69, 9.17) is 5.84 Å². The van der Waals surface area contributed by atoms with Crippen molar-refractivity contribution in [2.45, 2.75) is 38.6 Å². The van der Waals surface area contributed by atoms with Crippen molar-refractivity contribution in [3.05, 3.63) is 28.5 Å². The van der Waals surface area contributed by atoms with Crippen LogP contribution in [-0.4, -0.2) is 19.4 Å². The van der Waals surface area contributed by atoms with Crippen molar-refractivity contribution in [3.8, 4) is 0 Å². The van der Waals surface area contributed by atoms with Gasteiger partial charge in [-0.25, -0.2) is 0 Å². The number of aromatic nitrogens is 4. The average molecular weight is 280 g/mol. The van der Waals surface area contributed by atoms with Crippen molar-refractivity contribution < 1.29 is 0 Å². The standard InChI is InChI=1S/C12H20N6S/c1-12(2,3)11-10(19-17-16-11)9(15-13)5-8-6-14-18(4)7-8/h6-7,9,15H,5,13H2,1-4H3. The van der Waals surface area contributed by atoms with Crippen molar-refractivity contribution in [2.75, 3.05) is 0 Å². The van der Waals surface area contributed by atoms with E-state index >= 15 is 0 Å². The highest BCUT2D eigenvalue weighted by Crippen LogP contribution is 2.31. The first-order valence-electron chi connectivity index (χ1n) is 6.18. The molecule has 0 amide bonds.